The average Bonchev–Trinajstić information content (AvgIpc) is 3.08. The molecule has 1 saturated heterocycles. The van der Waals surface area contributed by atoms with Gasteiger partial charge in [0.1, 0.15) is 0 Å². The molecule has 2 aromatic carbocycles. The Hall–Kier alpha value is -2.59. The first-order chi connectivity index (χ1) is 13.1. The van der Waals surface area contributed by atoms with Gasteiger partial charge in [0.2, 0.25) is 0 Å². The van der Waals surface area contributed by atoms with Crippen molar-refractivity contribution < 1.29 is 9.90 Å². The number of piperidine rings is 1. The number of aliphatic hydroxyl groups is 1. The number of benzene rings is 2. The standard InChI is InChI=1S/C23H26N2O2/c1-24-12-9-18-7-8-20(16-21(18)24)23(27)25-13-10-19(11-14-25)22(26)15-17-5-3-2-4-6-17/h2-9,12,16,19,22,26H,10-11,13-15H2,1H3/t22-/m1/s1. The lowest BCUT2D eigenvalue weighted by Crippen LogP contribution is -2.41. The third kappa shape index (κ3) is 3.76. The highest BCUT2D eigenvalue weighted by molar-refractivity contribution is 5.98. The van der Waals surface area contributed by atoms with Crippen LogP contribution in [0.15, 0.2) is 60.8 Å². The van der Waals surface area contributed by atoms with Crippen molar-refractivity contribution in [2.75, 3.05) is 13.1 Å². The maximum absolute atomic E-state index is 12.9. The molecule has 1 N–H and O–H groups in total. The molecule has 1 atom stereocenters. The minimum Gasteiger partial charge on any atom is -0.392 e. The molecular formula is C23H26N2O2. The molecule has 0 bridgehead atoms. The van der Waals surface area contributed by atoms with Gasteiger partial charge < -0.3 is 14.6 Å². The number of rotatable bonds is 4. The van der Waals surface area contributed by atoms with Crippen LogP contribution in [0.5, 0.6) is 0 Å². The zero-order valence-corrected chi connectivity index (χ0v) is 15.7. The molecule has 4 rings (SSSR count). The number of aryl methyl sites for hydroxylation is 1. The summed E-state index contributed by atoms with van der Waals surface area (Å²) < 4.78 is 2.04. The molecule has 2 heterocycles. The van der Waals surface area contributed by atoms with Crippen LogP contribution in [0.25, 0.3) is 10.9 Å². The Morgan fingerprint density at radius 1 is 1.11 bits per heavy atom. The molecule has 1 aromatic heterocycles. The second-order valence-corrected chi connectivity index (χ2v) is 7.59. The SMILES string of the molecule is Cn1ccc2ccc(C(=O)N3CCC([C@H](O)Cc4ccccc4)CC3)cc21. The topological polar surface area (TPSA) is 45.5 Å². The van der Waals surface area contributed by atoms with Gasteiger partial charge in [-0.05, 0) is 54.3 Å². The van der Waals surface area contributed by atoms with Crippen LogP contribution in [0.1, 0.15) is 28.8 Å². The largest absolute Gasteiger partial charge is 0.392 e. The van der Waals surface area contributed by atoms with Gasteiger partial charge in [0, 0.05) is 37.4 Å². The average molecular weight is 362 g/mol. The number of carbonyl (C=O) groups is 1. The number of aromatic nitrogens is 1. The van der Waals surface area contributed by atoms with E-state index in [0.717, 1.165) is 29.3 Å². The lowest BCUT2D eigenvalue weighted by Gasteiger charge is -2.34. The minimum atomic E-state index is -0.343. The highest BCUT2D eigenvalue weighted by atomic mass is 16.3. The van der Waals surface area contributed by atoms with Gasteiger partial charge in [-0.3, -0.25) is 4.79 Å². The zero-order valence-electron chi connectivity index (χ0n) is 15.7. The Morgan fingerprint density at radius 2 is 1.85 bits per heavy atom. The van der Waals surface area contributed by atoms with Crippen molar-refractivity contribution in [3.05, 3.63) is 71.9 Å². The van der Waals surface area contributed by atoms with Crippen molar-refractivity contribution >= 4 is 16.8 Å². The fourth-order valence-electron chi connectivity index (χ4n) is 4.09. The summed E-state index contributed by atoms with van der Waals surface area (Å²) in [4.78, 5) is 14.8. The summed E-state index contributed by atoms with van der Waals surface area (Å²) in [5.74, 6) is 0.346. The van der Waals surface area contributed by atoms with Gasteiger partial charge in [-0.2, -0.15) is 0 Å². The van der Waals surface area contributed by atoms with E-state index in [4.69, 9.17) is 0 Å². The van der Waals surface area contributed by atoms with E-state index in [1.54, 1.807) is 0 Å². The van der Waals surface area contributed by atoms with Gasteiger partial charge in [0.15, 0.2) is 0 Å². The molecule has 0 saturated carbocycles. The monoisotopic (exact) mass is 362 g/mol. The third-order valence-corrected chi connectivity index (χ3v) is 5.79. The van der Waals surface area contributed by atoms with Crippen LogP contribution in [0.2, 0.25) is 0 Å². The zero-order chi connectivity index (χ0) is 18.8. The second kappa shape index (κ2) is 7.57. The van der Waals surface area contributed by atoms with Crippen LogP contribution in [-0.2, 0) is 13.5 Å². The van der Waals surface area contributed by atoms with E-state index in [2.05, 4.69) is 18.2 Å². The summed E-state index contributed by atoms with van der Waals surface area (Å²) in [7, 11) is 2.00. The van der Waals surface area contributed by atoms with Gasteiger partial charge in [0.25, 0.3) is 5.91 Å². The van der Waals surface area contributed by atoms with Crippen LogP contribution in [0.3, 0.4) is 0 Å². The van der Waals surface area contributed by atoms with E-state index in [9.17, 15) is 9.90 Å². The Balaban J connectivity index is 1.38. The molecule has 140 valence electrons. The Morgan fingerprint density at radius 3 is 2.59 bits per heavy atom. The first-order valence-corrected chi connectivity index (χ1v) is 9.68. The summed E-state index contributed by atoms with van der Waals surface area (Å²) >= 11 is 0. The lowest BCUT2D eigenvalue weighted by molar-refractivity contribution is 0.0467. The number of hydrogen-bond acceptors (Lipinski definition) is 2. The number of nitrogens with zero attached hydrogens (tertiary/aromatic N) is 2. The van der Waals surface area contributed by atoms with Crippen LogP contribution in [0, 0.1) is 5.92 Å². The highest BCUT2D eigenvalue weighted by Crippen LogP contribution is 2.25. The van der Waals surface area contributed by atoms with E-state index in [1.807, 2.05) is 59.1 Å². The van der Waals surface area contributed by atoms with Crippen molar-refractivity contribution in [2.24, 2.45) is 13.0 Å². The predicted octanol–water partition coefficient (Wildman–Crippen LogP) is 3.63. The molecule has 4 nitrogen and oxygen atoms in total. The summed E-state index contributed by atoms with van der Waals surface area (Å²) in [6.07, 6.45) is 4.06. The van der Waals surface area contributed by atoms with E-state index in [-0.39, 0.29) is 17.9 Å². The summed E-state index contributed by atoms with van der Waals surface area (Å²) in [5.41, 5.74) is 2.99. The van der Waals surface area contributed by atoms with Crippen molar-refractivity contribution in [1.29, 1.82) is 0 Å². The summed E-state index contributed by atoms with van der Waals surface area (Å²) in [6.45, 7) is 1.42. The Labute approximate surface area is 160 Å². The molecule has 4 heteroatoms. The van der Waals surface area contributed by atoms with Crippen LogP contribution >= 0.6 is 0 Å². The van der Waals surface area contributed by atoms with Crippen molar-refractivity contribution in [1.82, 2.24) is 9.47 Å². The predicted molar refractivity (Wildman–Crippen MR) is 108 cm³/mol. The minimum absolute atomic E-state index is 0.0918. The molecule has 0 aliphatic carbocycles. The van der Waals surface area contributed by atoms with E-state index in [1.165, 1.54) is 5.56 Å². The number of aliphatic hydroxyl groups excluding tert-OH is 1. The molecule has 0 radical (unpaired) electrons. The summed E-state index contributed by atoms with van der Waals surface area (Å²) in [5, 5.41) is 11.7. The molecule has 3 aromatic rings. The van der Waals surface area contributed by atoms with Crippen LogP contribution in [-0.4, -0.2) is 39.7 Å². The van der Waals surface area contributed by atoms with Gasteiger partial charge in [-0.15, -0.1) is 0 Å². The maximum Gasteiger partial charge on any atom is 0.253 e. The molecule has 1 aliphatic rings. The fraction of sp³-hybridized carbons (Fsp3) is 0.348. The number of hydrogen-bond donors (Lipinski definition) is 1. The molecular weight excluding hydrogens is 336 g/mol. The Kier molecular flexibility index (Phi) is 4.99. The van der Waals surface area contributed by atoms with Crippen molar-refractivity contribution in [3.8, 4) is 0 Å². The quantitative estimate of drug-likeness (QED) is 0.770. The van der Waals surface area contributed by atoms with Crippen LogP contribution < -0.4 is 0 Å². The maximum atomic E-state index is 12.9. The second-order valence-electron chi connectivity index (χ2n) is 7.59. The highest BCUT2D eigenvalue weighted by Gasteiger charge is 2.28. The first kappa shape index (κ1) is 17.8. The van der Waals surface area contributed by atoms with Crippen LogP contribution in [0.4, 0.5) is 0 Å². The Bertz CT molecular complexity index is 924. The van der Waals surface area contributed by atoms with Crippen molar-refractivity contribution in [2.45, 2.75) is 25.4 Å². The fourth-order valence-corrected chi connectivity index (χ4v) is 4.09. The first-order valence-electron chi connectivity index (χ1n) is 9.68. The molecule has 1 aliphatic heterocycles. The molecule has 1 fully saturated rings. The normalized spacial score (nSPS) is 16.6. The number of likely N-dealkylation sites (tertiary alicyclic amines) is 1. The van der Waals surface area contributed by atoms with Gasteiger partial charge in [-0.1, -0.05) is 36.4 Å². The smallest absolute Gasteiger partial charge is 0.253 e. The van der Waals surface area contributed by atoms with Gasteiger partial charge in [-0.25, -0.2) is 0 Å². The van der Waals surface area contributed by atoms with E-state index >= 15 is 0 Å². The lowest BCUT2D eigenvalue weighted by atomic mass is 9.87. The molecule has 0 unspecified atom stereocenters. The van der Waals surface area contributed by atoms with Crippen molar-refractivity contribution in [3.63, 3.8) is 0 Å². The molecule has 1 amide bonds. The summed E-state index contributed by atoms with van der Waals surface area (Å²) in [6, 6.07) is 18.1. The molecule has 27 heavy (non-hydrogen) atoms. The van der Waals surface area contributed by atoms with E-state index < -0.39 is 0 Å². The van der Waals surface area contributed by atoms with Gasteiger partial charge >= 0.3 is 0 Å². The third-order valence-electron chi connectivity index (χ3n) is 5.79. The number of amides is 1. The van der Waals surface area contributed by atoms with Gasteiger partial charge in [0.05, 0.1) is 6.10 Å². The molecule has 0 spiro atoms. The number of carbonyl (C=O) groups excluding carboxylic acids is 1. The van der Waals surface area contributed by atoms with E-state index in [0.29, 0.717) is 19.5 Å². The number of fused-ring (bicyclic) bond motifs is 1.